The predicted octanol–water partition coefficient (Wildman–Crippen LogP) is 2.90. The van der Waals surface area contributed by atoms with Crippen LogP contribution in [0.2, 0.25) is 0 Å². The first-order chi connectivity index (χ1) is 9.52. The van der Waals surface area contributed by atoms with Gasteiger partial charge in [0.2, 0.25) is 5.91 Å². The first kappa shape index (κ1) is 16.2. The van der Waals surface area contributed by atoms with Crippen molar-refractivity contribution in [3.63, 3.8) is 0 Å². The molecule has 0 saturated carbocycles. The molecule has 0 aromatic carbocycles. The van der Waals surface area contributed by atoms with Gasteiger partial charge in [0.1, 0.15) is 0 Å². The van der Waals surface area contributed by atoms with Gasteiger partial charge in [0.05, 0.1) is 6.04 Å². The molecule has 0 spiro atoms. The van der Waals surface area contributed by atoms with Gasteiger partial charge in [0, 0.05) is 18.3 Å². The van der Waals surface area contributed by atoms with Gasteiger partial charge >= 0.3 is 0 Å². The van der Waals surface area contributed by atoms with E-state index in [1.165, 1.54) is 31.4 Å². The minimum Gasteiger partial charge on any atom is -0.340 e. The van der Waals surface area contributed by atoms with Crippen molar-refractivity contribution in [3.8, 4) is 0 Å². The van der Waals surface area contributed by atoms with Gasteiger partial charge in [-0.2, -0.15) is 11.8 Å². The Morgan fingerprint density at radius 1 is 1.35 bits per heavy atom. The summed E-state index contributed by atoms with van der Waals surface area (Å²) >= 11 is 2.08. The maximum absolute atomic E-state index is 12.7. The SMILES string of the molecule is CNC1CC(C)(C)CCN(CC2CCCCCS2)C1=O. The topological polar surface area (TPSA) is 32.3 Å². The summed E-state index contributed by atoms with van der Waals surface area (Å²) in [6.07, 6.45) is 7.40. The number of amides is 1. The van der Waals surface area contributed by atoms with Gasteiger partial charge in [-0.05, 0) is 43.9 Å². The average Bonchev–Trinajstić information content (AvgIpc) is 2.72. The second-order valence-corrected chi connectivity index (χ2v) is 8.49. The number of nitrogens with zero attached hydrogens (tertiary/aromatic N) is 1. The van der Waals surface area contributed by atoms with Gasteiger partial charge in [-0.3, -0.25) is 4.79 Å². The summed E-state index contributed by atoms with van der Waals surface area (Å²) in [6.45, 7) is 6.46. The standard InChI is InChI=1S/C16H30N2OS/c1-16(2)8-9-18(15(19)14(11-16)17-3)12-13-7-5-4-6-10-20-13/h13-14,17H,4-12H2,1-3H3. The molecular formula is C16H30N2OS. The molecule has 2 aliphatic rings. The molecule has 0 aromatic heterocycles. The van der Waals surface area contributed by atoms with Crippen LogP contribution in [0.3, 0.4) is 0 Å². The molecule has 2 unspecified atom stereocenters. The van der Waals surface area contributed by atoms with Gasteiger partial charge in [-0.1, -0.05) is 26.7 Å². The molecule has 4 heteroatoms. The number of rotatable bonds is 3. The van der Waals surface area contributed by atoms with Crippen LogP contribution in [-0.2, 0) is 4.79 Å². The van der Waals surface area contributed by atoms with Crippen LogP contribution in [-0.4, -0.2) is 48.0 Å². The molecule has 2 aliphatic heterocycles. The zero-order valence-corrected chi connectivity index (χ0v) is 14.1. The maximum atomic E-state index is 12.7. The number of carbonyl (C=O) groups excluding carboxylic acids is 1. The van der Waals surface area contributed by atoms with Crippen LogP contribution in [0.25, 0.3) is 0 Å². The molecule has 116 valence electrons. The normalized spacial score (nSPS) is 31.8. The summed E-state index contributed by atoms with van der Waals surface area (Å²) in [6, 6.07) is 0.00304. The van der Waals surface area contributed by atoms with Crippen molar-refractivity contribution in [1.29, 1.82) is 0 Å². The Kier molecular flexibility index (Phi) is 5.79. The molecule has 2 rings (SSSR count). The zero-order chi connectivity index (χ0) is 14.6. The molecule has 2 fully saturated rings. The first-order valence-corrected chi connectivity index (χ1v) is 9.14. The van der Waals surface area contributed by atoms with Gasteiger partial charge in [0.25, 0.3) is 0 Å². The average molecular weight is 298 g/mol. The molecule has 1 N–H and O–H groups in total. The van der Waals surface area contributed by atoms with E-state index in [2.05, 4.69) is 35.8 Å². The highest BCUT2D eigenvalue weighted by atomic mass is 32.2. The smallest absolute Gasteiger partial charge is 0.239 e. The molecule has 2 saturated heterocycles. The summed E-state index contributed by atoms with van der Waals surface area (Å²) in [4.78, 5) is 14.8. The molecule has 0 aromatic rings. The fourth-order valence-electron chi connectivity index (χ4n) is 3.29. The van der Waals surface area contributed by atoms with E-state index in [0.717, 1.165) is 25.9 Å². The quantitative estimate of drug-likeness (QED) is 0.869. The van der Waals surface area contributed by atoms with Crippen LogP contribution < -0.4 is 5.32 Å². The van der Waals surface area contributed by atoms with Crippen LogP contribution in [0.15, 0.2) is 0 Å². The van der Waals surface area contributed by atoms with Gasteiger partial charge in [-0.15, -0.1) is 0 Å². The van der Waals surface area contributed by atoms with E-state index in [4.69, 9.17) is 0 Å². The van der Waals surface area contributed by atoms with Crippen molar-refractivity contribution in [2.45, 2.75) is 63.7 Å². The van der Waals surface area contributed by atoms with Crippen molar-refractivity contribution >= 4 is 17.7 Å². The summed E-state index contributed by atoms with van der Waals surface area (Å²) in [5.74, 6) is 1.59. The van der Waals surface area contributed by atoms with E-state index in [1.54, 1.807) is 0 Å². The lowest BCUT2D eigenvalue weighted by Gasteiger charge is -2.27. The molecule has 20 heavy (non-hydrogen) atoms. The van der Waals surface area contributed by atoms with Gasteiger partial charge in [0.15, 0.2) is 0 Å². The van der Waals surface area contributed by atoms with Crippen molar-refractivity contribution in [2.24, 2.45) is 5.41 Å². The Balaban J connectivity index is 1.99. The lowest BCUT2D eigenvalue weighted by atomic mass is 9.83. The Labute approximate surface area is 128 Å². The molecule has 0 radical (unpaired) electrons. The minimum absolute atomic E-state index is 0.00304. The Morgan fingerprint density at radius 2 is 2.15 bits per heavy atom. The van der Waals surface area contributed by atoms with Gasteiger partial charge in [-0.25, -0.2) is 0 Å². The number of carbonyl (C=O) groups is 1. The third kappa shape index (κ3) is 4.39. The van der Waals surface area contributed by atoms with Crippen LogP contribution in [0.4, 0.5) is 0 Å². The van der Waals surface area contributed by atoms with E-state index in [0.29, 0.717) is 11.2 Å². The second kappa shape index (κ2) is 7.17. The van der Waals surface area contributed by atoms with Crippen molar-refractivity contribution in [3.05, 3.63) is 0 Å². The van der Waals surface area contributed by atoms with Crippen molar-refractivity contribution in [2.75, 3.05) is 25.9 Å². The lowest BCUT2D eigenvalue weighted by molar-refractivity contribution is -0.132. The number of hydrogen-bond acceptors (Lipinski definition) is 3. The highest BCUT2D eigenvalue weighted by molar-refractivity contribution is 7.99. The molecule has 1 amide bonds. The molecular weight excluding hydrogens is 268 g/mol. The number of likely N-dealkylation sites (tertiary alicyclic amines) is 1. The first-order valence-electron chi connectivity index (χ1n) is 8.09. The molecule has 2 heterocycles. The Hall–Kier alpha value is -0.220. The number of likely N-dealkylation sites (N-methyl/N-ethyl adjacent to an activating group) is 1. The highest BCUT2D eigenvalue weighted by Gasteiger charge is 2.35. The van der Waals surface area contributed by atoms with Gasteiger partial charge < -0.3 is 10.2 Å². The predicted molar refractivity (Wildman–Crippen MR) is 87.2 cm³/mol. The van der Waals surface area contributed by atoms with E-state index in [-0.39, 0.29) is 11.5 Å². The molecule has 0 aliphatic carbocycles. The van der Waals surface area contributed by atoms with Crippen LogP contribution in [0.5, 0.6) is 0 Å². The monoisotopic (exact) mass is 298 g/mol. The fourth-order valence-corrected chi connectivity index (χ4v) is 4.61. The van der Waals surface area contributed by atoms with Crippen molar-refractivity contribution < 1.29 is 4.79 Å². The summed E-state index contributed by atoms with van der Waals surface area (Å²) in [5.41, 5.74) is 0.259. The van der Waals surface area contributed by atoms with Crippen LogP contribution in [0.1, 0.15) is 52.4 Å². The van der Waals surface area contributed by atoms with Crippen LogP contribution >= 0.6 is 11.8 Å². The van der Waals surface area contributed by atoms with E-state index >= 15 is 0 Å². The van der Waals surface area contributed by atoms with Crippen molar-refractivity contribution in [1.82, 2.24) is 10.2 Å². The molecule has 3 nitrogen and oxygen atoms in total. The van der Waals surface area contributed by atoms with E-state index in [1.807, 2.05) is 7.05 Å². The highest BCUT2D eigenvalue weighted by Crippen LogP contribution is 2.32. The maximum Gasteiger partial charge on any atom is 0.239 e. The number of thioether (sulfide) groups is 1. The molecule has 2 atom stereocenters. The minimum atomic E-state index is 0.00304. The van der Waals surface area contributed by atoms with E-state index in [9.17, 15) is 4.79 Å². The second-order valence-electron chi connectivity index (χ2n) is 7.09. The number of hydrogen-bond donors (Lipinski definition) is 1. The zero-order valence-electron chi connectivity index (χ0n) is 13.3. The fraction of sp³-hybridized carbons (Fsp3) is 0.938. The molecule has 0 bridgehead atoms. The summed E-state index contributed by atoms with van der Waals surface area (Å²) in [5, 5.41) is 3.88. The van der Waals surface area contributed by atoms with Crippen LogP contribution in [0, 0.1) is 5.41 Å². The Bertz CT molecular complexity index is 324. The Morgan fingerprint density at radius 3 is 2.90 bits per heavy atom. The third-order valence-corrected chi connectivity index (χ3v) is 6.10. The largest absolute Gasteiger partial charge is 0.340 e. The number of nitrogens with one attached hydrogen (secondary N) is 1. The summed E-state index contributed by atoms with van der Waals surface area (Å²) in [7, 11) is 1.92. The lowest BCUT2D eigenvalue weighted by Crippen LogP contribution is -2.46. The third-order valence-electron chi connectivity index (χ3n) is 4.72. The van der Waals surface area contributed by atoms with E-state index < -0.39 is 0 Å². The summed E-state index contributed by atoms with van der Waals surface area (Å²) < 4.78 is 0.